The lowest BCUT2D eigenvalue weighted by atomic mass is 10.0. The molecule has 0 aromatic rings. The van der Waals surface area contributed by atoms with Crippen molar-refractivity contribution in [1.82, 2.24) is 0 Å². The predicted octanol–water partition coefficient (Wildman–Crippen LogP) is 0.955. The standard InChI is InChI=1S/C7H15NO2.ClH/c1-4-5(2)6(8)7(9)10-3;/h5-6H,4,8H2,1-3H3;1H/t5-,6+;/m0./s1. The van der Waals surface area contributed by atoms with E-state index in [1.807, 2.05) is 13.8 Å². The summed E-state index contributed by atoms with van der Waals surface area (Å²) in [4.78, 5) is 10.8. The summed E-state index contributed by atoms with van der Waals surface area (Å²) in [5.41, 5.74) is 5.51. The molecule has 0 saturated heterocycles. The van der Waals surface area contributed by atoms with Crippen LogP contribution in [0.1, 0.15) is 20.3 Å². The Labute approximate surface area is 73.7 Å². The molecule has 0 amide bonds. The third-order valence-electron chi connectivity index (χ3n) is 1.73. The second-order valence-electron chi connectivity index (χ2n) is 2.43. The summed E-state index contributed by atoms with van der Waals surface area (Å²) in [6.07, 6.45) is 0.899. The van der Waals surface area contributed by atoms with Crippen molar-refractivity contribution in [2.24, 2.45) is 11.7 Å². The van der Waals surface area contributed by atoms with Gasteiger partial charge < -0.3 is 10.5 Å². The molecule has 0 rings (SSSR count). The van der Waals surface area contributed by atoms with Gasteiger partial charge in [0.15, 0.2) is 0 Å². The number of hydrogen-bond donors (Lipinski definition) is 1. The molecule has 2 atom stereocenters. The van der Waals surface area contributed by atoms with Crippen LogP contribution in [0.5, 0.6) is 0 Å². The maximum Gasteiger partial charge on any atom is 0.322 e. The summed E-state index contributed by atoms with van der Waals surface area (Å²) in [6.45, 7) is 3.93. The number of esters is 1. The maximum atomic E-state index is 10.8. The predicted molar refractivity (Wildman–Crippen MR) is 46.7 cm³/mol. The first-order chi connectivity index (χ1) is 4.63. The van der Waals surface area contributed by atoms with Crippen LogP contribution in [0.25, 0.3) is 0 Å². The highest BCUT2D eigenvalue weighted by Crippen LogP contribution is 2.05. The number of ether oxygens (including phenoxy) is 1. The van der Waals surface area contributed by atoms with Crippen molar-refractivity contribution in [1.29, 1.82) is 0 Å². The normalized spacial score (nSPS) is 14.5. The average Bonchev–Trinajstić information content (AvgIpc) is 2.00. The fourth-order valence-corrected chi connectivity index (χ4v) is 0.622. The van der Waals surface area contributed by atoms with Crippen LogP contribution in [0, 0.1) is 5.92 Å². The smallest absolute Gasteiger partial charge is 0.322 e. The number of rotatable bonds is 3. The lowest BCUT2D eigenvalue weighted by molar-refractivity contribution is -0.143. The van der Waals surface area contributed by atoms with Crippen LogP contribution in [0.15, 0.2) is 0 Å². The summed E-state index contributed by atoms with van der Waals surface area (Å²) in [6, 6.07) is -0.463. The number of carbonyl (C=O) groups excluding carboxylic acids is 1. The van der Waals surface area contributed by atoms with Gasteiger partial charge in [-0.25, -0.2) is 0 Å². The Bertz CT molecular complexity index is 119. The minimum Gasteiger partial charge on any atom is -0.468 e. The van der Waals surface area contributed by atoms with E-state index >= 15 is 0 Å². The topological polar surface area (TPSA) is 52.3 Å². The summed E-state index contributed by atoms with van der Waals surface area (Å²) in [5.74, 6) is -0.123. The Morgan fingerprint density at radius 3 is 2.36 bits per heavy atom. The van der Waals surface area contributed by atoms with Gasteiger partial charge in [-0.2, -0.15) is 0 Å². The van der Waals surface area contributed by atoms with Gasteiger partial charge in [0.1, 0.15) is 6.04 Å². The molecule has 3 nitrogen and oxygen atoms in total. The molecule has 0 aromatic carbocycles. The Kier molecular flexibility index (Phi) is 7.79. The van der Waals surface area contributed by atoms with Gasteiger partial charge >= 0.3 is 5.97 Å². The monoisotopic (exact) mass is 181 g/mol. The molecule has 0 bridgehead atoms. The van der Waals surface area contributed by atoms with E-state index in [1.165, 1.54) is 7.11 Å². The first-order valence-corrected chi connectivity index (χ1v) is 3.46. The quantitative estimate of drug-likeness (QED) is 0.660. The van der Waals surface area contributed by atoms with Gasteiger partial charge in [0.25, 0.3) is 0 Å². The van der Waals surface area contributed by atoms with Gasteiger partial charge in [-0.15, -0.1) is 12.4 Å². The van der Waals surface area contributed by atoms with Crippen LogP contribution < -0.4 is 5.73 Å². The highest BCUT2D eigenvalue weighted by Gasteiger charge is 2.19. The molecule has 0 aliphatic carbocycles. The van der Waals surface area contributed by atoms with E-state index < -0.39 is 6.04 Å². The molecule has 0 unspecified atom stereocenters. The van der Waals surface area contributed by atoms with Crippen LogP contribution in [0.3, 0.4) is 0 Å². The molecule has 0 fully saturated rings. The van der Waals surface area contributed by atoms with E-state index in [1.54, 1.807) is 0 Å². The van der Waals surface area contributed by atoms with Crippen LogP contribution in [-0.4, -0.2) is 19.1 Å². The second kappa shape index (κ2) is 6.43. The molecule has 11 heavy (non-hydrogen) atoms. The van der Waals surface area contributed by atoms with Crippen molar-refractivity contribution >= 4 is 18.4 Å². The summed E-state index contributed by atoms with van der Waals surface area (Å²) in [7, 11) is 1.35. The van der Waals surface area contributed by atoms with Gasteiger partial charge in [0.05, 0.1) is 7.11 Å². The second-order valence-corrected chi connectivity index (χ2v) is 2.43. The van der Waals surface area contributed by atoms with Crippen molar-refractivity contribution < 1.29 is 9.53 Å². The third kappa shape index (κ3) is 4.22. The first-order valence-electron chi connectivity index (χ1n) is 3.46. The lowest BCUT2D eigenvalue weighted by Gasteiger charge is -2.14. The van der Waals surface area contributed by atoms with E-state index in [2.05, 4.69) is 4.74 Å². The fourth-order valence-electron chi connectivity index (χ4n) is 0.622. The van der Waals surface area contributed by atoms with Gasteiger partial charge in [-0.1, -0.05) is 20.3 Å². The minimum atomic E-state index is -0.463. The van der Waals surface area contributed by atoms with E-state index in [-0.39, 0.29) is 24.3 Å². The molecule has 0 spiro atoms. The highest BCUT2D eigenvalue weighted by atomic mass is 35.5. The molecule has 0 aliphatic rings. The number of hydrogen-bond acceptors (Lipinski definition) is 3. The molecule has 0 aliphatic heterocycles. The number of carbonyl (C=O) groups is 1. The van der Waals surface area contributed by atoms with Gasteiger partial charge in [0.2, 0.25) is 0 Å². The van der Waals surface area contributed by atoms with Gasteiger partial charge in [-0.3, -0.25) is 4.79 Å². The molecule has 0 saturated carbocycles. The van der Waals surface area contributed by atoms with Crippen molar-refractivity contribution in [3.05, 3.63) is 0 Å². The third-order valence-corrected chi connectivity index (χ3v) is 1.73. The van der Waals surface area contributed by atoms with Crippen LogP contribution in [0.2, 0.25) is 0 Å². The van der Waals surface area contributed by atoms with E-state index in [4.69, 9.17) is 5.73 Å². The largest absolute Gasteiger partial charge is 0.468 e. The molecule has 4 heteroatoms. The van der Waals surface area contributed by atoms with Crippen molar-refractivity contribution in [3.63, 3.8) is 0 Å². The van der Waals surface area contributed by atoms with Crippen molar-refractivity contribution in [3.8, 4) is 0 Å². The zero-order valence-electron chi connectivity index (χ0n) is 7.16. The molecule has 0 aromatic heterocycles. The molecule has 0 heterocycles. The Balaban J connectivity index is 0. The van der Waals surface area contributed by atoms with E-state index in [9.17, 15) is 4.79 Å². The number of halogens is 1. The van der Waals surface area contributed by atoms with E-state index in [0.717, 1.165) is 6.42 Å². The number of nitrogens with two attached hydrogens (primary N) is 1. The SMILES string of the molecule is CC[C@H](C)[C@@H](N)C(=O)OC.Cl. The van der Waals surface area contributed by atoms with Crippen LogP contribution >= 0.6 is 12.4 Å². The van der Waals surface area contributed by atoms with Crippen molar-refractivity contribution in [2.75, 3.05) is 7.11 Å². The minimum absolute atomic E-state index is 0. The number of methoxy groups -OCH3 is 1. The van der Waals surface area contributed by atoms with Gasteiger partial charge in [-0.05, 0) is 5.92 Å². The van der Waals surface area contributed by atoms with E-state index in [0.29, 0.717) is 0 Å². The molecular weight excluding hydrogens is 166 g/mol. The zero-order chi connectivity index (χ0) is 8.15. The maximum absolute atomic E-state index is 10.8. The summed E-state index contributed by atoms with van der Waals surface area (Å²) < 4.78 is 4.47. The van der Waals surface area contributed by atoms with Crippen molar-refractivity contribution in [2.45, 2.75) is 26.3 Å². The first kappa shape index (κ1) is 13.3. The Hall–Kier alpha value is -0.280. The summed E-state index contributed by atoms with van der Waals surface area (Å²) >= 11 is 0. The molecular formula is C7H16ClNO2. The molecule has 2 N–H and O–H groups in total. The Morgan fingerprint density at radius 1 is 1.64 bits per heavy atom. The lowest BCUT2D eigenvalue weighted by Crippen LogP contribution is -2.37. The Morgan fingerprint density at radius 2 is 2.09 bits per heavy atom. The fraction of sp³-hybridized carbons (Fsp3) is 0.857. The average molecular weight is 182 g/mol. The van der Waals surface area contributed by atoms with Gasteiger partial charge in [0, 0.05) is 0 Å². The molecule has 0 radical (unpaired) electrons. The van der Waals surface area contributed by atoms with Crippen LogP contribution in [0.4, 0.5) is 0 Å². The zero-order valence-corrected chi connectivity index (χ0v) is 7.98. The molecule has 68 valence electrons. The summed E-state index contributed by atoms with van der Waals surface area (Å²) in [5, 5.41) is 0. The highest BCUT2D eigenvalue weighted by molar-refractivity contribution is 5.85. The van der Waals surface area contributed by atoms with Crippen LogP contribution in [-0.2, 0) is 9.53 Å².